The van der Waals surface area contributed by atoms with Gasteiger partial charge in [0.15, 0.2) is 0 Å². The van der Waals surface area contributed by atoms with Crippen LogP contribution in [0, 0.1) is 23.2 Å². The van der Waals surface area contributed by atoms with Crippen molar-refractivity contribution in [2.24, 2.45) is 23.2 Å². The molecule has 35 heavy (non-hydrogen) atoms. The fraction of sp³-hybridized carbons (Fsp3) is 1.00. The summed E-state index contributed by atoms with van der Waals surface area (Å²) >= 11 is 0. The van der Waals surface area contributed by atoms with Gasteiger partial charge in [0.2, 0.25) is 0 Å². The molecule has 0 spiro atoms. The summed E-state index contributed by atoms with van der Waals surface area (Å²) in [6.45, 7) is 3.94. The number of rotatable bonds is 7. The highest BCUT2D eigenvalue weighted by Crippen LogP contribution is 2.68. The van der Waals surface area contributed by atoms with E-state index in [1.807, 2.05) is 0 Å². The van der Waals surface area contributed by atoms with E-state index in [0.717, 1.165) is 12.8 Å². The maximum Gasteiger partial charge on any atom is 0.136 e. The van der Waals surface area contributed by atoms with Crippen LogP contribution in [0.1, 0.15) is 39.0 Å². The molecule has 0 aromatic rings. The standard InChI is InChI=1S/C26H45NO8/c1-7-27-13-23(14-31-2)9-8-16(32-3)19-22(27)26(30,18(12-23)34-5)25(29)11-17(33-4)15-10-24(19,28)21(25)20(15)35-6/h15-22,28-30H,7-14H2,1-6H3/t15?,16?,17-,18-,19?,20?,21?,22?,23-,24+,25+,26-/m0/s1. The quantitative estimate of drug-likeness (QED) is 0.459. The molecule has 6 unspecified atom stereocenters. The lowest BCUT2D eigenvalue weighted by Crippen LogP contribution is -2.85. The Morgan fingerprint density at radius 2 is 1.60 bits per heavy atom. The molecule has 3 aliphatic carbocycles. The first-order valence-electron chi connectivity index (χ1n) is 13.2. The molecule has 0 amide bonds. The van der Waals surface area contributed by atoms with Crippen molar-refractivity contribution in [1.82, 2.24) is 4.90 Å². The highest BCUT2D eigenvalue weighted by molar-refractivity contribution is 5.34. The monoisotopic (exact) mass is 499 g/mol. The lowest BCUT2D eigenvalue weighted by Gasteiger charge is -2.67. The van der Waals surface area contributed by atoms with Crippen LogP contribution in [0.15, 0.2) is 0 Å². The molecule has 5 aliphatic rings. The summed E-state index contributed by atoms with van der Waals surface area (Å²) in [4.78, 5) is 2.26. The van der Waals surface area contributed by atoms with Crippen molar-refractivity contribution in [2.45, 2.75) is 86.3 Å². The Balaban J connectivity index is 1.81. The van der Waals surface area contributed by atoms with Crippen molar-refractivity contribution in [3.8, 4) is 0 Å². The first kappa shape index (κ1) is 26.3. The van der Waals surface area contributed by atoms with Gasteiger partial charge in [-0.3, -0.25) is 4.90 Å². The molecule has 3 N–H and O–H groups in total. The number of ether oxygens (including phenoxy) is 5. The minimum atomic E-state index is -1.68. The zero-order chi connectivity index (χ0) is 25.4. The molecular weight excluding hydrogens is 454 g/mol. The van der Waals surface area contributed by atoms with E-state index >= 15 is 0 Å². The summed E-state index contributed by atoms with van der Waals surface area (Å²) in [5.74, 6) is -1.21. The van der Waals surface area contributed by atoms with Gasteiger partial charge in [0, 0.05) is 71.7 Å². The third kappa shape index (κ3) is 3.20. The van der Waals surface area contributed by atoms with Crippen LogP contribution in [0.25, 0.3) is 0 Å². The van der Waals surface area contributed by atoms with E-state index in [-0.39, 0.29) is 30.0 Å². The molecule has 0 aromatic carbocycles. The molecule has 9 nitrogen and oxygen atoms in total. The van der Waals surface area contributed by atoms with Crippen LogP contribution in [0.3, 0.4) is 0 Å². The van der Waals surface area contributed by atoms with Gasteiger partial charge < -0.3 is 39.0 Å². The van der Waals surface area contributed by atoms with Crippen molar-refractivity contribution < 1.29 is 39.0 Å². The molecule has 0 radical (unpaired) electrons. The molecule has 5 fully saturated rings. The molecule has 5 rings (SSSR count). The van der Waals surface area contributed by atoms with Crippen LogP contribution in [-0.4, -0.2) is 123 Å². The van der Waals surface area contributed by atoms with Crippen LogP contribution in [0.2, 0.25) is 0 Å². The molecule has 4 bridgehead atoms. The van der Waals surface area contributed by atoms with Gasteiger partial charge in [-0.05, 0) is 32.2 Å². The van der Waals surface area contributed by atoms with Crippen LogP contribution >= 0.6 is 0 Å². The average Bonchev–Trinajstić information content (AvgIpc) is 3.07. The summed E-state index contributed by atoms with van der Waals surface area (Å²) < 4.78 is 29.9. The molecule has 0 aromatic heterocycles. The lowest BCUT2D eigenvalue weighted by atomic mass is 9.48. The highest BCUT2D eigenvalue weighted by atomic mass is 16.5. The van der Waals surface area contributed by atoms with Gasteiger partial charge in [0.05, 0.1) is 42.7 Å². The molecular formula is C26H45NO8. The highest BCUT2D eigenvalue weighted by Gasteiger charge is 2.83. The van der Waals surface area contributed by atoms with Gasteiger partial charge in [-0.2, -0.15) is 0 Å². The minimum Gasteiger partial charge on any atom is -0.389 e. The normalized spacial score (nSPS) is 55.5. The minimum absolute atomic E-state index is 0.0854. The fourth-order valence-electron chi connectivity index (χ4n) is 9.66. The third-order valence-electron chi connectivity index (χ3n) is 10.8. The van der Waals surface area contributed by atoms with Gasteiger partial charge in [-0.25, -0.2) is 0 Å². The van der Waals surface area contributed by atoms with Crippen LogP contribution < -0.4 is 0 Å². The van der Waals surface area contributed by atoms with E-state index in [9.17, 15) is 15.3 Å². The number of nitrogens with zero attached hydrogens (tertiary/aromatic N) is 1. The van der Waals surface area contributed by atoms with Gasteiger partial charge in [0.25, 0.3) is 0 Å². The SMILES string of the molecule is CCN1C[C@]2(COC)CCC(OC)C3C1[C@@](O)([C@@H](OC)C2)[C@@]1(O)C[C@H](OC)C2C[C@]3(O)C1C2OC. The smallest absolute Gasteiger partial charge is 0.136 e. The maximum absolute atomic E-state index is 13.1. The molecule has 202 valence electrons. The van der Waals surface area contributed by atoms with Gasteiger partial charge in [-0.15, -0.1) is 0 Å². The predicted molar refractivity (Wildman–Crippen MR) is 127 cm³/mol. The Bertz CT molecular complexity index is 801. The van der Waals surface area contributed by atoms with Gasteiger partial charge >= 0.3 is 0 Å². The summed E-state index contributed by atoms with van der Waals surface area (Å²) in [7, 11) is 8.28. The molecule has 9 heteroatoms. The van der Waals surface area contributed by atoms with E-state index in [2.05, 4.69) is 11.8 Å². The van der Waals surface area contributed by atoms with Crippen molar-refractivity contribution in [2.75, 3.05) is 55.2 Å². The van der Waals surface area contributed by atoms with Crippen molar-refractivity contribution in [1.29, 1.82) is 0 Å². The van der Waals surface area contributed by atoms with Crippen molar-refractivity contribution >= 4 is 0 Å². The molecule has 3 saturated carbocycles. The van der Waals surface area contributed by atoms with Crippen LogP contribution in [-0.2, 0) is 23.7 Å². The second-order valence-electron chi connectivity index (χ2n) is 12.0. The van der Waals surface area contributed by atoms with E-state index in [1.54, 1.807) is 35.5 Å². The Morgan fingerprint density at radius 1 is 0.886 bits per heavy atom. The molecule has 2 heterocycles. The topological polar surface area (TPSA) is 110 Å². The number of methoxy groups -OCH3 is 5. The summed E-state index contributed by atoms with van der Waals surface area (Å²) in [6, 6.07) is -0.570. The first-order chi connectivity index (χ1) is 16.6. The van der Waals surface area contributed by atoms with Gasteiger partial charge in [-0.1, -0.05) is 6.92 Å². The zero-order valence-corrected chi connectivity index (χ0v) is 22.1. The van der Waals surface area contributed by atoms with Crippen LogP contribution in [0.5, 0.6) is 0 Å². The number of aliphatic hydroxyl groups is 3. The number of fused-ring (bicyclic) bond motifs is 5. The molecule has 2 aliphatic heterocycles. The van der Waals surface area contributed by atoms with E-state index < -0.39 is 46.9 Å². The Hall–Kier alpha value is -0.360. The Labute approximate surface area is 209 Å². The summed E-state index contributed by atoms with van der Waals surface area (Å²) in [5.41, 5.74) is -4.94. The fourth-order valence-corrected chi connectivity index (χ4v) is 9.66. The van der Waals surface area contributed by atoms with E-state index in [1.165, 1.54) is 0 Å². The summed E-state index contributed by atoms with van der Waals surface area (Å²) in [5, 5.41) is 38.6. The number of hydrogen-bond acceptors (Lipinski definition) is 9. The average molecular weight is 500 g/mol. The van der Waals surface area contributed by atoms with Crippen molar-refractivity contribution in [3.05, 3.63) is 0 Å². The second-order valence-corrected chi connectivity index (χ2v) is 12.0. The largest absolute Gasteiger partial charge is 0.389 e. The van der Waals surface area contributed by atoms with E-state index in [4.69, 9.17) is 23.7 Å². The van der Waals surface area contributed by atoms with Gasteiger partial charge in [0.1, 0.15) is 11.2 Å². The Morgan fingerprint density at radius 3 is 2.17 bits per heavy atom. The second kappa shape index (κ2) is 8.85. The van der Waals surface area contributed by atoms with E-state index in [0.29, 0.717) is 32.5 Å². The zero-order valence-electron chi connectivity index (χ0n) is 22.1. The lowest BCUT2D eigenvalue weighted by molar-refractivity contribution is -0.347. The Kier molecular flexibility index (Phi) is 6.64. The third-order valence-corrected chi connectivity index (χ3v) is 10.8. The first-order valence-corrected chi connectivity index (χ1v) is 13.2. The number of likely N-dealkylation sites (N-methyl/N-ethyl adjacent to an activating group) is 1. The molecule has 12 atom stereocenters. The van der Waals surface area contributed by atoms with Crippen molar-refractivity contribution in [3.63, 3.8) is 0 Å². The predicted octanol–water partition coefficient (Wildman–Crippen LogP) is 0.430. The summed E-state index contributed by atoms with van der Waals surface area (Å²) in [6.07, 6.45) is 0.950. The molecule has 2 saturated heterocycles. The maximum atomic E-state index is 13.1. The van der Waals surface area contributed by atoms with Crippen LogP contribution in [0.4, 0.5) is 0 Å². The number of hydrogen-bond donors (Lipinski definition) is 3.